The minimum absolute atomic E-state index is 0.217. The van der Waals surface area contributed by atoms with Crippen LogP contribution in [0.2, 0.25) is 5.02 Å². The quantitative estimate of drug-likeness (QED) is 0.326. The summed E-state index contributed by atoms with van der Waals surface area (Å²) in [6, 6.07) is 15.9. The lowest BCUT2D eigenvalue weighted by Gasteiger charge is -2.21. The van der Waals surface area contributed by atoms with E-state index in [2.05, 4.69) is 17.2 Å². The average molecular weight is 500 g/mol. The standard InChI is InChI=1S/C26H30ClN3O3S/c1-3-14-34-26-28-16-23(30(26)17-19-12-8-9-13-21(19)27)20(4-2)24(31)29-22(25(32)33)15-18-10-6-5-7-11-18/h5-13,16,20,22H,3-4,14-15,17H2,1-2H3,(H,29,31)(H,32,33). The van der Waals surface area contributed by atoms with Gasteiger partial charge in [-0.05, 0) is 30.0 Å². The van der Waals surface area contributed by atoms with Crippen LogP contribution in [0.25, 0.3) is 0 Å². The van der Waals surface area contributed by atoms with Crippen LogP contribution in [0.5, 0.6) is 0 Å². The lowest BCUT2D eigenvalue weighted by atomic mass is 9.99. The minimum Gasteiger partial charge on any atom is -0.480 e. The van der Waals surface area contributed by atoms with Crippen LogP contribution in [0, 0.1) is 0 Å². The number of aromatic nitrogens is 2. The van der Waals surface area contributed by atoms with Crippen molar-refractivity contribution >= 4 is 35.2 Å². The maximum Gasteiger partial charge on any atom is 0.326 e. The monoisotopic (exact) mass is 499 g/mol. The third-order valence-electron chi connectivity index (χ3n) is 5.55. The predicted molar refractivity (Wildman–Crippen MR) is 137 cm³/mol. The van der Waals surface area contributed by atoms with Gasteiger partial charge in [-0.2, -0.15) is 0 Å². The van der Waals surface area contributed by atoms with Gasteiger partial charge in [0.1, 0.15) is 6.04 Å². The first-order valence-corrected chi connectivity index (χ1v) is 12.8. The smallest absolute Gasteiger partial charge is 0.326 e. The summed E-state index contributed by atoms with van der Waals surface area (Å²) in [5, 5.41) is 14.0. The summed E-state index contributed by atoms with van der Waals surface area (Å²) in [5.41, 5.74) is 2.54. The van der Waals surface area contributed by atoms with Crippen molar-refractivity contribution < 1.29 is 14.7 Å². The number of benzene rings is 2. The Morgan fingerprint density at radius 2 is 1.82 bits per heavy atom. The zero-order valence-corrected chi connectivity index (χ0v) is 21.0. The number of nitrogens with zero attached hydrogens (tertiary/aromatic N) is 2. The van der Waals surface area contributed by atoms with Crippen molar-refractivity contribution in [3.63, 3.8) is 0 Å². The Morgan fingerprint density at radius 1 is 1.12 bits per heavy atom. The first-order valence-electron chi connectivity index (χ1n) is 11.4. The maximum atomic E-state index is 13.3. The minimum atomic E-state index is -1.06. The average Bonchev–Trinajstić information content (AvgIpc) is 3.21. The summed E-state index contributed by atoms with van der Waals surface area (Å²) in [5.74, 6) is -1.02. The second kappa shape index (κ2) is 12.6. The number of carboxylic acids is 1. The first kappa shape index (κ1) is 25.8. The van der Waals surface area contributed by atoms with E-state index in [9.17, 15) is 14.7 Å². The molecular weight excluding hydrogens is 470 g/mol. The van der Waals surface area contributed by atoms with E-state index < -0.39 is 17.9 Å². The maximum absolute atomic E-state index is 13.3. The van der Waals surface area contributed by atoms with Crippen LogP contribution >= 0.6 is 23.4 Å². The van der Waals surface area contributed by atoms with E-state index in [1.54, 1.807) is 18.0 Å². The van der Waals surface area contributed by atoms with Gasteiger partial charge in [0.05, 0.1) is 24.4 Å². The first-order chi connectivity index (χ1) is 16.4. The Bertz CT molecular complexity index is 1100. The Kier molecular flexibility index (Phi) is 9.60. The highest BCUT2D eigenvalue weighted by Crippen LogP contribution is 2.29. The van der Waals surface area contributed by atoms with E-state index in [1.807, 2.05) is 66.1 Å². The van der Waals surface area contributed by atoms with Gasteiger partial charge >= 0.3 is 5.97 Å². The molecule has 1 heterocycles. The number of rotatable bonds is 12. The number of nitrogens with one attached hydrogen (secondary N) is 1. The molecule has 0 saturated carbocycles. The number of halogens is 1. The van der Waals surface area contributed by atoms with Gasteiger partial charge in [0, 0.05) is 17.2 Å². The molecule has 2 atom stereocenters. The van der Waals surface area contributed by atoms with Crippen LogP contribution < -0.4 is 5.32 Å². The van der Waals surface area contributed by atoms with Crippen LogP contribution in [0.1, 0.15) is 49.4 Å². The van der Waals surface area contributed by atoms with Crippen LogP contribution in [-0.2, 0) is 22.6 Å². The van der Waals surface area contributed by atoms with Crippen molar-refractivity contribution in [1.29, 1.82) is 0 Å². The van der Waals surface area contributed by atoms with Crippen molar-refractivity contribution in [2.75, 3.05) is 5.75 Å². The molecular formula is C26H30ClN3O3S. The molecule has 8 heteroatoms. The van der Waals surface area contributed by atoms with Gasteiger partial charge in [0.2, 0.25) is 5.91 Å². The Hall–Kier alpha value is -2.77. The summed E-state index contributed by atoms with van der Waals surface area (Å²) >= 11 is 8.06. The van der Waals surface area contributed by atoms with E-state index in [1.165, 1.54) is 0 Å². The number of imidazole rings is 1. The van der Waals surface area contributed by atoms with Crippen molar-refractivity contribution in [3.8, 4) is 0 Å². The highest BCUT2D eigenvalue weighted by Gasteiger charge is 2.29. The van der Waals surface area contributed by atoms with Gasteiger partial charge < -0.3 is 15.0 Å². The SMILES string of the molecule is CCCSc1ncc(C(CC)C(=O)NC(Cc2ccccc2)C(=O)O)n1Cc1ccccc1Cl. The van der Waals surface area contributed by atoms with Crippen LogP contribution in [0.4, 0.5) is 0 Å². The molecule has 0 bridgehead atoms. The van der Waals surface area contributed by atoms with E-state index in [4.69, 9.17) is 11.6 Å². The van der Waals surface area contributed by atoms with Crippen LogP contribution in [-0.4, -0.2) is 38.3 Å². The number of carbonyl (C=O) groups is 2. The van der Waals surface area contributed by atoms with Crippen molar-refractivity contribution in [2.45, 2.75) is 56.8 Å². The summed E-state index contributed by atoms with van der Waals surface area (Å²) in [6.45, 7) is 4.51. The van der Waals surface area contributed by atoms with Crippen molar-refractivity contribution in [1.82, 2.24) is 14.9 Å². The van der Waals surface area contributed by atoms with E-state index in [-0.39, 0.29) is 12.3 Å². The summed E-state index contributed by atoms with van der Waals surface area (Å²) in [6.07, 6.45) is 3.45. The third-order valence-corrected chi connectivity index (χ3v) is 7.12. The molecule has 1 aromatic heterocycles. The predicted octanol–water partition coefficient (Wildman–Crippen LogP) is 5.39. The van der Waals surface area contributed by atoms with Gasteiger partial charge in [-0.25, -0.2) is 9.78 Å². The number of amides is 1. The van der Waals surface area contributed by atoms with Crippen LogP contribution in [0.3, 0.4) is 0 Å². The molecule has 0 aliphatic heterocycles. The molecule has 3 aromatic rings. The van der Waals surface area contributed by atoms with Crippen LogP contribution in [0.15, 0.2) is 66.0 Å². The number of thioether (sulfide) groups is 1. The van der Waals surface area contributed by atoms with Crippen molar-refractivity contribution in [3.05, 3.63) is 82.6 Å². The molecule has 2 N–H and O–H groups in total. The molecule has 2 unspecified atom stereocenters. The molecule has 180 valence electrons. The molecule has 2 aromatic carbocycles. The molecule has 34 heavy (non-hydrogen) atoms. The van der Waals surface area contributed by atoms with Gasteiger partial charge in [0.25, 0.3) is 0 Å². The molecule has 0 radical (unpaired) electrons. The highest BCUT2D eigenvalue weighted by molar-refractivity contribution is 7.99. The fourth-order valence-corrected chi connectivity index (χ4v) is 4.80. The highest BCUT2D eigenvalue weighted by atomic mass is 35.5. The summed E-state index contributed by atoms with van der Waals surface area (Å²) in [7, 11) is 0. The van der Waals surface area contributed by atoms with Gasteiger partial charge in [-0.15, -0.1) is 0 Å². The van der Waals surface area contributed by atoms with E-state index in [0.29, 0.717) is 18.0 Å². The Morgan fingerprint density at radius 3 is 2.47 bits per heavy atom. The second-order valence-corrected chi connectivity index (χ2v) is 9.51. The van der Waals surface area contributed by atoms with E-state index in [0.717, 1.165) is 34.2 Å². The zero-order chi connectivity index (χ0) is 24.5. The normalized spacial score (nSPS) is 12.8. The molecule has 1 amide bonds. The van der Waals surface area contributed by atoms with Crippen molar-refractivity contribution in [2.24, 2.45) is 0 Å². The second-order valence-electron chi connectivity index (χ2n) is 8.04. The Labute approximate surface area is 209 Å². The lowest BCUT2D eigenvalue weighted by Crippen LogP contribution is -2.44. The number of aliphatic carboxylic acids is 1. The summed E-state index contributed by atoms with van der Waals surface area (Å²) < 4.78 is 2.03. The van der Waals surface area contributed by atoms with Gasteiger partial charge in [0.15, 0.2) is 5.16 Å². The Balaban J connectivity index is 1.87. The molecule has 6 nitrogen and oxygen atoms in total. The molecule has 0 spiro atoms. The van der Waals surface area contributed by atoms with Gasteiger partial charge in [-0.1, -0.05) is 85.7 Å². The molecule has 0 aliphatic carbocycles. The molecule has 0 aliphatic rings. The zero-order valence-electron chi connectivity index (χ0n) is 19.4. The number of hydrogen-bond donors (Lipinski definition) is 2. The molecule has 3 rings (SSSR count). The fourth-order valence-electron chi connectivity index (χ4n) is 3.76. The number of carbonyl (C=O) groups excluding carboxylic acids is 1. The topological polar surface area (TPSA) is 84.2 Å². The third kappa shape index (κ3) is 6.64. The lowest BCUT2D eigenvalue weighted by molar-refractivity contribution is -0.142. The number of carboxylic acid groups (broad SMARTS) is 1. The van der Waals surface area contributed by atoms with Gasteiger partial charge in [-0.3, -0.25) is 4.79 Å². The molecule has 0 saturated heterocycles. The molecule has 0 fully saturated rings. The number of hydrogen-bond acceptors (Lipinski definition) is 4. The largest absolute Gasteiger partial charge is 0.480 e. The fraction of sp³-hybridized carbons (Fsp3) is 0.346. The van der Waals surface area contributed by atoms with E-state index >= 15 is 0 Å². The summed E-state index contributed by atoms with van der Waals surface area (Å²) in [4.78, 5) is 29.8.